The van der Waals surface area contributed by atoms with E-state index in [4.69, 9.17) is 11.2 Å². The smallest absolute Gasteiger partial charge is 0.152 e. The predicted molar refractivity (Wildman–Crippen MR) is 100 cm³/mol. The zero-order valence-corrected chi connectivity index (χ0v) is 15.6. The molecule has 134 valence electrons. The maximum absolute atomic E-state index is 11.3. The van der Waals surface area contributed by atoms with Crippen molar-refractivity contribution >= 4 is 0 Å². The second-order valence-corrected chi connectivity index (χ2v) is 8.54. The van der Waals surface area contributed by atoms with Gasteiger partial charge in [-0.1, -0.05) is 25.5 Å². The highest BCUT2D eigenvalue weighted by molar-refractivity contribution is 5.40. The second-order valence-electron chi connectivity index (χ2n) is 8.54. The second kappa shape index (κ2) is 5.78. The molecule has 2 fully saturated rings. The molecular formula is C23H30O2. The summed E-state index contributed by atoms with van der Waals surface area (Å²) in [5.41, 5.74) is 1.07. The van der Waals surface area contributed by atoms with Crippen molar-refractivity contribution in [1.29, 1.82) is 0 Å². The Bertz CT molecular complexity index is 693. The Balaban J connectivity index is 1.71. The number of fused-ring (bicyclic) bond motifs is 5. The Morgan fingerprint density at radius 2 is 2.20 bits per heavy atom. The Hall–Kier alpha value is -1.46. The molecule has 0 bridgehead atoms. The minimum absolute atomic E-state index is 0.173. The quantitative estimate of drug-likeness (QED) is 0.588. The fraction of sp³-hybridized carbons (Fsp3) is 0.652. The monoisotopic (exact) mass is 338 g/mol. The minimum atomic E-state index is -1.11. The number of terminal acetylenes is 1. The van der Waals surface area contributed by atoms with Crippen LogP contribution in [-0.4, -0.2) is 17.8 Å². The summed E-state index contributed by atoms with van der Waals surface area (Å²) in [5.74, 6) is 6.34. The van der Waals surface area contributed by atoms with Gasteiger partial charge in [-0.2, -0.15) is 0 Å². The molecule has 1 N–H and O–H groups in total. The SMILES string of the molecule is C#C[C@]1(O)C(=C)C[C@H]2[C@@H]3CC=C4C=C(OC)CC[C@@H]4[C@H]3CC[C@@]21CC. The van der Waals surface area contributed by atoms with Crippen LogP contribution in [0.2, 0.25) is 0 Å². The van der Waals surface area contributed by atoms with Gasteiger partial charge in [0.15, 0.2) is 5.60 Å². The average molecular weight is 338 g/mol. The molecule has 0 saturated heterocycles. The van der Waals surface area contributed by atoms with Gasteiger partial charge < -0.3 is 9.84 Å². The topological polar surface area (TPSA) is 29.5 Å². The lowest BCUT2D eigenvalue weighted by Crippen LogP contribution is -2.53. The number of methoxy groups -OCH3 is 1. The van der Waals surface area contributed by atoms with Crippen molar-refractivity contribution in [3.05, 3.63) is 35.6 Å². The van der Waals surface area contributed by atoms with E-state index < -0.39 is 5.60 Å². The third-order valence-electron chi connectivity index (χ3n) is 8.10. The Morgan fingerprint density at radius 1 is 1.40 bits per heavy atom. The van der Waals surface area contributed by atoms with Crippen LogP contribution < -0.4 is 0 Å². The molecule has 2 saturated carbocycles. The van der Waals surface area contributed by atoms with E-state index in [2.05, 4.69) is 31.6 Å². The molecule has 0 amide bonds. The lowest BCUT2D eigenvalue weighted by Gasteiger charge is -2.54. The summed E-state index contributed by atoms with van der Waals surface area (Å²) in [4.78, 5) is 0. The first-order chi connectivity index (χ1) is 12.0. The van der Waals surface area contributed by atoms with E-state index in [0.717, 1.165) is 43.4 Å². The van der Waals surface area contributed by atoms with E-state index >= 15 is 0 Å². The summed E-state index contributed by atoms with van der Waals surface area (Å²) in [7, 11) is 1.78. The van der Waals surface area contributed by atoms with Gasteiger partial charge in [0.1, 0.15) is 0 Å². The van der Waals surface area contributed by atoms with Crippen LogP contribution >= 0.6 is 0 Å². The summed E-state index contributed by atoms with van der Waals surface area (Å²) >= 11 is 0. The number of rotatable bonds is 2. The van der Waals surface area contributed by atoms with Gasteiger partial charge >= 0.3 is 0 Å². The summed E-state index contributed by atoms with van der Waals surface area (Å²) in [6.45, 7) is 6.40. The molecular weight excluding hydrogens is 308 g/mol. The molecule has 4 aliphatic rings. The Kier molecular flexibility index (Phi) is 3.92. The van der Waals surface area contributed by atoms with Crippen LogP contribution in [0.1, 0.15) is 51.9 Å². The number of hydrogen-bond acceptors (Lipinski definition) is 2. The maximum Gasteiger partial charge on any atom is 0.152 e. The van der Waals surface area contributed by atoms with Crippen LogP contribution in [0.25, 0.3) is 0 Å². The highest BCUT2D eigenvalue weighted by Gasteiger charge is 2.64. The minimum Gasteiger partial charge on any atom is -0.501 e. The molecule has 25 heavy (non-hydrogen) atoms. The fourth-order valence-corrected chi connectivity index (χ4v) is 6.81. The van der Waals surface area contributed by atoms with Crippen LogP contribution in [0.3, 0.4) is 0 Å². The number of aliphatic hydroxyl groups is 1. The molecule has 2 nitrogen and oxygen atoms in total. The van der Waals surface area contributed by atoms with Crippen molar-refractivity contribution in [1.82, 2.24) is 0 Å². The van der Waals surface area contributed by atoms with Gasteiger partial charge in [0, 0.05) is 11.8 Å². The van der Waals surface area contributed by atoms with Crippen molar-refractivity contribution in [2.45, 2.75) is 57.5 Å². The maximum atomic E-state index is 11.3. The lowest BCUT2D eigenvalue weighted by molar-refractivity contribution is -0.0860. The summed E-state index contributed by atoms with van der Waals surface area (Å²) in [6, 6.07) is 0. The summed E-state index contributed by atoms with van der Waals surface area (Å²) in [6.07, 6.45) is 17.9. The van der Waals surface area contributed by atoms with E-state index in [1.165, 1.54) is 18.4 Å². The molecule has 6 atom stereocenters. The Labute approximate surface area is 152 Å². The number of ether oxygens (including phenoxy) is 1. The molecule has 0 aromatic rings. The van der Waals surface area contributed by atoms with Gasteiger partial charge in [-0.3, -0.25) is 0 Å². The zero-order valence-electron chi connectivity index (χ0n) is 15.6. The molecule has 0 aliphatic heterocycles. The third-order valence-corrected chi connectivity index (χ3v) is 8.10. The van der Waals surface area contributed by atoms with E-state index in [9.17, 15) is 5.11 Å². The summed E-state index contributed by atoms with van der Waals surface area (Å²) in [5, 5.41) is 11.3. The number of hydrogen-bond donors (Lipinski definition) is 1. The first kappa shape index (κ1) is 17.0. The molecule has 4 aliphatic carbocycles. The first-order valence-electron chi connectivity index (χ1n) is 9.83. The normalized spacial score (nSPS) is 45.4. The largest absolute Gasteiger partial charge is 0.501 e. The van der Waals surface area contributed by atoms with Gasteiger partial charge in [-0.25, -0.2) is 0 Å². The van der Waals surface area contributed by atoms with Crippen molar-refractivity contribution in [3.63, 3.8) is 0 Å². The van der Waals surface area contributed by atoms with E-state index in [1.54, 1.807) is 7.11 Å². The van der Waals surface area contributed by atoms with E-state index in [1.807, 2.05) is 0 Å². The van der Waals surface area contributed by atoms with Gasteiger partial charge in [-0.15, -0.1) is 6.42 Å². The van der Waals surface area contributed by atoms with Crippen molar-refractivity contribution in [3.8, 4) is 12.3 Å². The molecule has 0 radical (unpaired) electrons. The van der Waals surface area contributed by atoms with Crippen molar-refractivity contribution in [2.75, 3.05) is 7.11 Å². The van der Waals surface area contributed by atoms with E-state index in [-0.39, 0.29) is 5.41 Å². The fourth-order valence-electron chi connectivity index (χ4n) is 6.81. The van der Waals surface area contributed by atoms with Gasteiger partial charge in [0.25, 0.3) is 0 Å². The predicted octanol–water partition coefficient (Wildman–Crippen LogP) is 4.62. The Morgan fingerprint density at radius 3 is 2.88 bits per heavy atom. The molecule has 0 aromatic heterocycles. The van der Waals surface area contributed by atoms with Crippen LogP contribution in [0, 0.1) is 41.4 Å². The zero-order chi connectivity index (χ0) is 17.8. The van der Waals surface area contributed by atoms with Crippen LogP contribution in [0.15, 0.2) is 35.6 Å². The molecule has 0 spiro atoms. The first-order valence-corrected chi connectivity index (χ1v) is 9.83. The van der Waals surface area contributed by atoms with E-state index in [0.29, 0.717) is 23.7 Å². The molecule has 0 unspecified atom stereocenters. The highest BCUT2D eigenvalue weighted by Crippen LogP contribution is 2.66. The molecule has 4 rings (SSSR count). The van der Waals surface area contributed by atoms with Crippen molar-refractivity contribution < 1.29 is 9.84 Å². The summed E-state index contributed by atoms with van der Waals surface area (Å²) < 4.78 is 5.49. The third kappa shape index (κ3) is 2.08. The molecule has 0 aromatic carbocycles. The van der Waals surface area contributed by atoms with Gasteiger partial charge in [0.2, 0.25) is 0 Å². The molecule has 0 heterocycles. The van der Waals surface area contributed by atoms with Crippen LogP contribution in [0.4, 0.5) is 0 Å². The van der Waals surface area contributed by atoms with Gasteiger partial charge in [0.05, 0.1) is 12.9 Å². The molecule has 2 heteroatoms. The average Bonchev–Trinajstić information content (AvgIpc) is 2.89. The van der Waals surface area contributed by atoms with Crippen molar-refractivity contribution in [2.24, 2.45) is 29.1 Å². The highest BCUT2D eigenvalue weighted by atomic mass is 16.5. The number of allylic oxidation sites excluding steroid dienone is 4. The van der Waals surface area contributed by atoms with Gasteiger partial charge in [-0.05, 0) is 79.4 Å². The van der Waals surface area contributed by atoms with Crippen LogP contribution in [-0.2, 0) is 4.74 Å². The van der Waals surface area contributed by atoms with Crippen LogP contribution in [0.5, 0.6) is 0 Å². The lowest BCUT2D eigenvalue weighted by atomic mass is 9.50. The standard InChI is InChI=1S/C23H30O2/c1-5-22-12-11-19-18-10-8-17(25-4)14-16(18)7-9-20(19)21(22)13-15(3)23(22,24)6-2/h2,7,14,18-21,24H,3,5,8-13H2,1,4H3/t18-,19+,20+,21-,22-,23-/m0/s1.